The second-order valence-corrected chi connectivity index (χ2v) is 7.91. The number of hydrogen-bond donors (Lipinski definition) is 1. The van der Waals surface area contributed by atoms with Gasteiger partial charge in [0, 0.05) is 26.4 Å². The van der Waals surface area contributed by atoms with Crippen molar-refractivity contribution in [1.29, 1.82) is 0 Å². The van der Waals surface area contributed by atoms with E-state index in [1.54, 1.807) is 18.2 Å². The molecule has 0 aliphatic carbocycles. The molecule has 1 aromatic carbocycles. The van der Waals surface area contributed by atoms with Gasteiger partial charge in [0.05, 0.1) is 6.54 Å². The molecule has 0 unspecified atom stereocenters. The van der Waals surface area contributed by atoms with Gasteiger partial charge in [0.15, 0.2) is 4.90 Å². The quantitative estimate of drug-likeness (QED) is 0.778. The Hall–Kier alpha value is -1.09. The van der Waals surface area contributed by atoms with Crippen molar-refractivity contribution < 1.29 is 8.42 Å². The number of aromatic nitrogens is 2. The van der Waals surface area contributed by atoms with E-state index in [1.165, 1.54) is 0 Å². The Morgan fingerprint density at radius 3 is 2.52 bits per heavy atom. The normalized spacial score (nSPS) is 11.6. The van der Waals surface area contributed by atoms with Gasteiger partial charge in [-0.3, -0.25) is 14.3 Å². The van der Waals surface area contributed by atoms with Crippen molar-refractivity contribution in [3.63, 3.8) is 0 Å². The van der Waals surface area contributed by atoms with Gasteiger partial charge >= 0.3 is 5.69 Å². The fourth-order valence-corrected chi connectivity index (χ4v) is 3.20. The van der Waals surface area contributed by atoms with Crippen LogP contribution in [0.15, 0.2) is 43.4 Å². The third-order valence-electron chi connectivity index (χ3n) is 2.60. The smallest absolute Gasteiger partial charge is 0.295 e. The maximum Gasteiger partial charge on any atom is 0.328 e. The lowest BCUT2D eigenvalue weighted by Gasteiger charge is -2.08. The molecule has 10 heteroatoms. The van der Waals surface area contributed by atoms with Crippen LogP contribution >= 0.6 is 38.2 Å². The molecule has 0 aliphatic rings. The first-order valence-electron chi connectivity index (χ1n) is 5.41. The molecule has 0 fully saturated rings. The van der Waals surface area contributed by atoms with Crippen LogP contribution in [0.4, 0.5) is 0 Å². The topological polar surface area (TPSA) is 89.0 Å². The molecule has 2 aromatic rings. The third kappa shape index (κ3) is 3.76. The molecule has 21 heavy (non-hydrogen) atoms. The predicted octanol–water partition coefficient (Wildman–Crippen LogP) is 1.93. The lowest BCUT2D eigenvalue weighted by atomic mass is 10.2. The monoisotopic (exact) mass is 412 g/mol. The zero-order valence-electron chi connectivity index (χ0n) is 10.1. The van der Waals surface area contributed by atoms with Crippen LogP contribution in [0.2, 0.25) is 5.02 Å². The first-order valence-corrected chi connectivity index (χ1v) is 8.89. The second-order valence-electron chi connectivity index (χ2n) is 4.05. The standard InChI is InChI=1S/C11H7BrCl2N2O4S/c12-7-2-1-6(8(13)3-7)4-16-5-9(21(14,19)20)10(17)15-11(16)18/h1-3,5H,4H2,(H,15,17,18). The van der Waals surface area contributed by atoms with Crippen molar-refractivity contribution in [3.8, 4) is 0 Å². The molecule has 0 spiro atoms. The van der Waals surface area contributed by atoms with E-state index >= 15 is 0 Å². The number of hydrogen-bond acceptors (Lipinski definition) is 4. The third-order valence-corrected chi connectivity index (χ3v) is 4.76. The SMILES string of the molecule is O=c1[nH]c(=O)n(Cc2ccc(Br)cc2Cl)cc1S(=O)(=O)Cl. The fraction of sp³-hybridized carbons (Fsp3) is 0.0909. The molecular formula is C11H7BrCl2N2O4S. The molecule has 0 atom stereocenters. The Morgan fingerprint density at radius 1 is 1.29 bits per heavy atom. The minimum absolute atomic E-state index is 0.0128. The highest BCUT2D eigenvalue weighted by Crippen LogP contribution is 2.22. The molecular weight excluding hydrogens is 407 g/mol. The number of nitrogens with one attached hydrogen (secondary N) is 1. The Kier molecular flexibility index (Phi) is 4.62. The van der Waals surface area contributed by atoms with Crippen LogP contribution in [0.1, 0.15) is 5.56 Å². The Bertz CT molecular complexity index is 921. The molecule has 2 rings (SSSR count). The van der Waals surface area contributed by atoms with Crippen LogP contribution < -0.4 is 11.2 Å². The molecule has 112 valence electrons. The van der Waals surface area contributed by atoms with Crippen molar-refractivity contribution in [3.05, 3.63) is 60.3 Å². The van der Waals surface area contributed by atoms with Crippen molar-refractivity contribution >= 4 is 47.3 Å². The van der Waals surface area contributed by atoms with Crippen LogP contribution in [0.25, 0.3) is 0 Å². The Balaban J connectivity index is 2.55. The minimum atomic E-state index is -4.25. The van der Waals surface area contributed by atoms with Crippen LogP contribution in [-0.2, 0) is 15.6 Å². The number of halogens is 3. The van der Waals surface area contributed by atoms with E-state index in [1.807, 2.05) is 4.98 Å². The molecule has 1 aromatic heterocycles. The van der Waals surface area contributed by atoms with E-state index in [0.29, 0.717) is 10.6 Å². The van der Waals surface area contributed by atoms with Crippen molar-refractivity contribution in [2.75, 3.05) is 0 Å². The van der Waals surface area contributed by atoms with Gasteiger partial charge in [-0.05, 0) is 17.7 Å². The minimum Gasteiger partial charge on any atom is -0.295 e. The predicted molar refractivity (Wildman–Crippen MR) is 82.6 cm³/mol. The molecule has 0 radical (unpaired) electrons. The van der Waals surface area contributed by atoms with Gasteiger partial charge in [-0.15, -0.1) is 0 Å². The number of rotatable bonds is 3. The summed E-state index contributed by atoms with van der Waals surface area (Å²) >= 11 is 9.28. The summed E-state index contributed by atoms with van der Waals surface area (Å²) in [6.45, 7) is -0.0128. The van der Waals surface area contributed by atoms with E-state index in [4.69, 9.17) is 22.3 Å². The van der Waals surface area contributed by atoms with Crippen molar-refractivity contribution in [2.45, 2.75) is 11.4 Å². The van der Waals surface area contributed by atoms with Gasteiger partial charge in [0.25, 0.3) is 14.6 Å². The van der Waals surface area contributed by atoms with Crippen LogP contribution in [0.5, 0.6) is 0 Å². The molecule has 1 N–H and O–H groups in total. The number of nitrogens with zero attached hydrogens (tertiary/aromatic N) is 1. The molecule has 0 bridgehead atoms. The van der Waals surface area contributed by atoms with Gasteiger partial charge < -0.3 is 0 Å². The zero-order valence-corrected chi connectivity index (χ0v) is 14.1. The largest absolute Gasteiger partial charge is 0.328 e. The number of aromatic amines is 1. The van der Waals surface area contributed by atoms with Gasteiger partial charge in [-0.1, -0.05) is 33.6 Å². The molecule has 0 saturated heterocycles. The summed E-state index contributed by atoms with van der Waals surface area (Å²) in [6, 6.07) is 5.02. The van der Waals surface area contributed by atoms with Gasteiger partial charge in [0.1, 0.15) is 0 Å². The Morgan fingerprint density at radius 2 is 1.95 bits per heavy atom. The van der Waals surface area contributed by atoms with E-state index in [9.17, 15) is 18.0 Å². The Labute approximate surface area is 136 Å². The average molecular weight is 414 g/mol. The first kappa shape index (κ1) is 16.3. The second kappa shape index (κ2) is 5.96. The molecule has 0 aliphatic heterocycles. The number of H-pyrrole nitrogens is 1. The first-order chi connectivity index (χ1) is 9.68. The van der Waals surface area contributed by atoms with E-state index < -0.39 is 25.2 Å². The van der Waals surface area contributed by atoms with E-state index in [-0.39, 0.29) is 6.54 Å². The van der Waals surface area contributed by atoms with Crippen molar-refractivity contribution in [1.82, 2.24) is 9.55 Å². The van der Waals surface area contributed by atoms with Gasteiger partial charge in [-0.2, -0.15) is 0 Å². The summed E-state index contributed by atoms with van der Waals surface area (Å²) in [5.41, 5.74) is -1.25. The highest BCUT2D eigenvalue weighted by Gasteiger charge is 2.17. The van der Waals surface area contributed by atoms with E-state index in [2.05, 4.69) is 15.9 Å². The molecule has 1 heterocycles. The van der Waals surface area contributed by atoms with Gasteiger partial charge in [-0.25, -0.2) is 13.2 Å². The highest BCUT2D eigenvalue weighted by molar-refractivity contribution is 9.10. The fourth-order valence-electron chi connectivity index (χ4n) is 1.61. The molecule has 0 saturated carbocycles. The summed E-state index contributed by atoms with van der Waals surface area (Å²) in [5, 5.41) is 0.387. The maximum atomic E-state index is 11.7. The summed E-state index contributed by atoms with van der Waals surface area (Å²) in [4.78, 5) is 24.4. The average Bonchev–Trinajstić information content (AvgIpc) is 2.33. The number of benzene rings is 1. The molecule has 0 amide bonds. The summed E-state index contributed by atoms with van der Waals surface area (Å²) in [7, 11) is 0.894. The lowest BCUT2D eigenvalue weighted by Crippen LogP contribution is -2.32. The summed E-state index contributed by atoms with van der Waals surface area (Å²) < 4.78 is 24.3. The maximum absolute atomic E-state index is 11.7. The van der Waals surface area contributed by atoms with E-state index in [0.717, 1.165) is 15.2 Å². The van der Waals surface area contributed by atoms with Crippen LogP contribution in [0.3, 0.4) is 0 Å². The highest BCUT2D eigenvalue weighted by atomic mass is 79.9. The van der Waals surface area contributed by atoms with Crippen LogP contribution in [-0.4, -0.2) is 18.0 Å². The summed E-state index contributed by atoms with van der Waals surface area (Å²) in [6.07, 6.45) is 0.891. The zero-order chi connectivity index (χ0) is 15.8. The summed E-state index contributed by atoms with van der Waals surface area (Å²) in [5.74, 6) is 0. The van der Waals surface area contributed by atoms with Crippen molar-refractivity contribution in [2.24, 2.45) is 0 Å². The lowest BCUT2D eigenvalue weighted by molar-refractivity contribution is 0.603. The van der Waals surface area contributed by atoms with Gasteiger partial charge in [0.2, 0.25) is 0 Å². The van der Waals surface area contributed by atoms with Crippen LogP contribution in [0, 0.1) is 0 Å². The molecule has 6 nitrogen and oxygen atoms in total.